The van der Waals surface area contributed by atoms with E-state index in [9.17, 15) is 4.79 Å². The second-order valence-corrected chi connectivity index (χ2v) is 5.90. The van der Waals surface area contributed by atoms with Crippen LogP contribution in [0.5, 0.6) is 0 Å². The number of nitrogens with one attached hydrogen (secondary N) is 1. The molecule has 9 heteroatoms. The van der Waals surface area contributed by atoms with Gasteiger partial charge in [-0.25, -0.2) is 4.98 Å². The van der Waals surface area contributed by atoms with Gasteiger partial charge in [0.1, 0.15) is 18.0 Å². The highest BCUT2D eigenvalue weighted by Crippen LogP contribution is 2.24. The van der Waals surface area contributed by atoms with Gasteiger partial charge in [-0.05, 0) is 18.2 Å². The van der Waals surface area contributed by atoms with Gasteiger partial charge in [0.2, 0.25) is 17.7 Å². The van der Waals surface area contributed by atoms with Crippen molar-refractivity contribution in [3.8, 4) is 12.1 Å². The van der Waals surface area contributed by atoms with Crippen LogP contribution in [0.15, 0.2) is 22.6 Å². The summed E-state index contributed by atoms with van der Waals surface area (Å²) in [6, 6.07) is 9.22. The Labute approximate surface area is 140 Å². The standard InChI is InChI=1S/C15H10N6O2S/c16-3-4-18-12(22)6-13-20-21-14(23-13)7-15-19-10-2-1-9(8-17)5-11(10)24-15/h1-2,5H,4,6-7H2,(H,18,22). The van der Waals surface area contributed by atoms with Gasteiger partial charge in [-0.15, -0.1) is 21.5 Å². The summed E-state index contributed by atoms with van der Waals surface area (Å²) in [6.07, 6.45) is 0.286. The summed E-state index contributed by atoms with van der Waals surface area (Å²) in [6.45, 7) is -0.0593. The zero-order valence-electron chi connectivity index (χ0n) is 12.3. The summed E-state index contributed by atoms with van der Waals surface area (Å²) in [4.78, 5) is 16.0. The molecule has 0 unspecified atom stereocenters. The van der Waals surface area contributed by atoms with E-state index >= 15 is 0 Å². The fourth-order valence-electron chi connectivity index (χ4n) is 2.02. The van der Waals surface area contributed by atoms with Crippen molar-refractivity contribution in [1.29, 1.82) is 10.5 Å². The van der Waals surface area contributed by atoms with Crippen molar-refractivity contribution in [1.82, 2.24) is 20.5 Å². The number of hydrogen-bond acceptors (Lipinski definition) is 8. The number of nitrogens with zero attached hydrogens (tertiary/aromatic N) is 5. The first-order chi connectivity index (χ1) is 11.7. The Morgan fingerprint density at radius 2 is 2.12 bits per heavy atom. The Hall–Kier alpha value is -3.30. The van der Waals surface area contributed by atoms with Crippen LogP contribution < -0.4 is 5.32 Å². The monoisotopic (exact) mass is 338 g/mol. The van der Waals surface area contributed by atoms with E-state index in [2.05, 4.69) is 26.6 Å². The number of benzene rings is 1. The highest BCUT2D eigenvalue weighted by Gasteiger charge is 2.13. The van der Waals surface area contributed by atoms with Gasteiger partial charge >= 0.3 is 0 Å². The van der Waals surface area contributed by atoms with Crippen LogP contribution in [0.2, 0.25) is 0 Å². The number of amides is 1. The molecule has 118 valence electrons. The van der Waals surface area contributed by atoms with E-state index in [1.165, 1.54) is 11.3 Å². The maximum absolute atomic E-state index is 11.5. The van der Waals surface area contributed by atoms with E-state index in [0.29, 0.717) is 17.9 Å². The average Bonchev–Trinajstić information content (AvgIpc) is 3.18. The molecule has 0 saturated heterocycles. The van der Waals surface area contributed by atoms with Crippen molar-refractivity contribution in [3.05, 3.63) is 40.6 Å². The molecule has 0 aliphatic heterocycles. The molecule has 0 fully saturated rings. The molecule has 0 aliphatic rings. The summed E-state index contributed by atoms with van der Waals surface area (Å²) >= 11 is 1.45. The topological polar surface area (TPSA) is 128 Å². The Kier molecular flexibility index (Phi) is 4.45. The summed E-state index contributed by atoms with van der Waals surface area (Å²) in [5, 5.41) is 28.2. The number of nitriles is 2. The molecule has 0 spiro atoms. The predicted molar refractivity (Wildman–Crippen MR) is 83.8 cm³/mol. The fourth-order valence-corrected chi connectivity index (χ4v) is 3.01. The molecule has 2 aromatic heterocycles. The molecular weight excluding hydrogens is 328 g/mol. The third kappa shape index (κ3) is 3.54. The number of carbonyl (C=O) groups excluding carboxylic acids is 1. The normalized spacial score (nSPS) is 10.2. The minimum atomic E-state index is -0.351. The van der Waals surface area contributed by atoms with Crippen molar-refractivity contribution >= 4 is 27.5 Å². The lowest BCUT2D eigenvalue weighted by Gasteiger charge is -1.95. The molecule has 1 amide bonds. The molecule has 3 rings (SSSR count). The number of aromatic nitrogens is 3. The first kappa shape index (κ1) is 15.6. The fraction of sp³-hybridized carbons (Fsp3) is 0.200. The van der Waals surface area contributed by atoms with Crippen LogP contribution in [-0.4, -0.2) is 27.6 Å². The molecule has 0 aliphatic carbocycles. The Bertz CT molecular complexity index is 978. The second kappa shape index (κ2) is 6.86. The lowest BCUT2D eigenvalue weighted by molar-refractivity contribution is -0.120. The Morgan fingerprint density at radius 1 is 1.29 bits per heavy atom. The molecule has 24 heavy (non-hydrogen) atoms. The number of fused-ring (bicyclic) bond motifs is 1. The highest BCUT2D eigenvalue weighted by molar-refractivity contribution is 7.18. The van der Waals surface area contributed by atoms with Gasteiger partial charge < -0.3 is 9.73 Å². The van der Waals surface area contributed by atoms with Gasteiger partial charge in [0.25, 0.3) is 0 Å². The maximum Gasteiger partial charge on any atom is 0.230 e. The third-order valence-electron chi connectivity index (χ3n) is 3.05. The van der Waals surface area contributed by atoms with Gasteiger partial charge in [-0.1, -0.05) is 0 Å². The highest BCUT2D eigenvalue weighted by atomic mass is 32.1. The minimum Gasteiger partial charge on any atom is -0.424 e. The molecule has 0 atom stereocenters. The van der Waals surface area contributed by atoms with Crippen LogP contribution in [0.4, 0.5) is 0 Å². The lowest BCUT2D eigenvalue weighted by atomic mass is 10.2. The minimum absolute atomic E-state index is 0.0593. The van der Waals surface area contributed by atoms with Gasteiger partial charge in [-0.3, -0.25) is 4.79 Å². The van der Waals surface area contributed by atoms with E-state index in [0.717, 1.165) is 15.2 Å². The largest absolute Gasteiger partial charge is 0.424 e. The van der Waals surface area contributed by atoms with E-state index in [-0.39, 0.29) is 24.8 Å². The molecule has 0 saturated carbocycles. The van der Waals surface area contributed by atoms with Gasteiger partial charge in [0.05, 0.1) is 34.3 Å². The summed E-state index contributed by atoms with van der Waals surface area (Å²) in [5.74, 6) is 0.196. The number of rotatable bonds is 5. The summed E-state index contributed by atoms with van der Waals surface area (Å²) in [5.41, 5.74) is 1.39. The van der Waals surface area contributed by atoms with Crippen molar-refractivity contribution in [2.45, 2.75) is 12.8 Å². The van der Waals surface area contributed by atoms with Crippen molar-refractivity contribution in [2.75, 3.05) is 6.54 Å². The summed E-state index contributed by atoms with van der Waals surface area (Å²) < 4.78 is 6.34. The predicted octanol–water partition coefficient (Wildman–Crippen LogP) is 1.32. The van der Waals surface area contributed by atoms with E-state index in [1.54, 1.807) is 18.2 Å². The molecule has 2 heterocycles. The molecule has 1 aromatic carbocycles. The van der Waals surface area contributed by atoms with Gasteiger partial charge in [0, 0.05) is 0 Å². The average molecular weight is 338 g/mol. The zero-order valence-corrected chi connectivity index (χ0v) is 13.1. The second-order valence-electron chi connectivity index (χ2n) is 4.78. The van der Waals surface area contributed by atoms with E-state index < -0.39 is 0 Å². The SMILES string of the molecule is N#CCNC(=O)Cc1nnc(Cc2nc3ccc(C#N)cc3s2)o1. The molecular formula is C15H10N6O2S. The quantitative estimate of drug-likeness (QED) is 0.695. The molecule has 8 nitrogen and oxygen atoms in total. The van der Waals surface area contributed by atoms with Crippen molar-refractivity contribution < 1.29 is 9.21 Å². The van der Waals surface area contributed by atoms with Gasteiger partial charge in [0.15, 0.2) is 0 Å². The van der Waals surface area contributed by atoms with Crippen molar-refractivity contribution in [2.24, 2.45) is 0 Å². The maximum atomic E-state index is 11.5. The number of thiazole rings is 1. The lowest BCUT2D eigenvalue weighted by Crippen LogP contribution is -2.25. The third-order valence-corrected chi connectivity index (χ3v) is 4.07. The van der Waals surface area contributed by atoms with Crippen LogP contribution in [0, 0.1) is 22.7 Å². The molecule has 0 bridgehead atoms. The Balaban J connectivity index is 1.69. The number of carbonyl (C=O) groups is 1. The molecule has 3 aromatic rings. The smallest absolute Gasteiger partial charge is 0.230 e. The first-order valence-corrected chi connectivity index (χ1v) is 7.74. The Morgan fingerprint density at radius 3 is 2.92 bits per heavy atom. The van der Waals surface area contributed by atoms with E-state index in [1.807, 2.05) is 6.07 Å². The first-order valence-electron chi connectivity index (χ1n) is 6.92. The number of hydrogen-bond donors (Lipinski definition) is 1. The summed E-state index contributed by atoms with van der Waals surface area (Å²) in [7, 11) is 0. The van der Waals surface area contributed by atoms with Crippen LogP contribution in [0.25, 0.3) is 10.2 Å². The van der Waals surface area contributed by atoms with Crippen LogP contribution >= 0.6 is 11.3 Å². The van der Waals surface area contributed by atoms with Gasteiger partial charge in [-0.2, -0.15) is 10.5 Å². The van der Waals surface area contributed by atoms with Crippen molar-refractivity contribution in [3.63, 3.8) is 0 Å². The zero-order chi connectivity index (χ0) is 16.9. The molecule has 1 N–H and O–H groups in total. The van der Waals surface area contributed by atoms with Crippen LogP contribution in [-0.2, 0) is 17.6 Å². The molecule has 0 radical (unpaired) electrons. The van der Waals surface area contributed by atoms with Crippen LogP contribution in [0.3, 0.4) is 0 Å². The van der Waals surface area contributed by atoms with E-state index in [4.69, 9.17) is 14.9 Å². The van der Waals surface area contributed by atoms with Crippen LogP contribution in [0.1, 0.15) is 22.4 Å².